The summed E-state index contributed by atoms with van der Waals surface area (Å²) in [5.74, 6) is -2.47. The number of rotatable bonds is 6. The molecule has 0 bridgehead atoms. The lowest BCUT2D eigenvalue weighted by atomic mass is 10.1. The van der Waals surface area contributed by atoms with Crippen LogP contribution < -0.4 is 4.74 Å². The predicted octanol–water partition coefficient (Wildman–Crippen LogP) is 1.55. The summed E-state index contributed by atoms with van der Waals surface area (Å²) in [5, 5.41) is 11.3. The second kappa shape index (κ2) is 9.54. The average Bonchev–Trinajstić information content (AvgIpc) is 2.59. The number of carbonyl (C=O) groups is 3. The molecule has 2 rings (SSSR count). The average molecular weight is 428 g/mol. The smallest absolute Gasteiger partial charge is 0.406 e. The van der Waals surface area contributed by atoms with E-state index < -0.39 is 52.4 Å². The van der Waals surface area contributed by atoms with Crippen LogP contribution in [0.5, 0.6) is 5.75 Å². The summed E-state index contributed by atoms with van der Waals surface area (Å²) < 4.78 is 21.4. The zero-order valence-electron chi connectivity index (χ0n) is 16.1. The Morgan fingerprint density at radius 2 is 1.66 bits per heavy atom. The SMILES string of the molecule is CC(=O)O[C@@H]1[C@@H](OC(C)=O)[C@H](OC(C)=O)CS[C@H]1Oc1ccc(C)nc1[N+](=O)[O-]. The number of aromatic nitrogens is 1. The van der Waals surface area contributed by atoms with Gasteiger partial charge in [-0.25, -0.2) is 0 Å². The van der Waals surface area contributed by atoms with Gasteiger partial charge in [0.2, 0.25) is 5.75 Å². The van der Waals surface area contributed by atoms with Gasteiger partial charge in [0.15, 0.2) is 23.7 Å². The third-order valence-corrected chi connectivity index (χ3v) is 4.91. The first-order valence-corrected chi connectivity index (χ1v) is 9.55. The summed E-state index contributed by atoms with van der Waals surface area (Å²) in [7, 11) is 0. The van der Waals surface area contributed by atoms with Crippen molar-refractivity contribution in [1.29, 1.82) is 0 Å². The topological polar surface area (TPSA) is 144 Å². The molecule has 0 unspecified atom stereocenters. The summed E-state index contributed by atoms with van der Waals surface area (Å²) in [6.45, 7) is 5.09. The summed E-state index contributed by atoms with van der Waals surface area (Å²) in [4.78, 5) is 49.1. The van der Waals surface area contributed by atoms with E-state index in [0.717, 1.165) is 25.6 Å². The first-order valence-electron chi connectivity index (χ1n) is 8.50. The number of aryl methyl sites for hydroxylation is 1. The lowest BCUT2D eigenvalue weighted by molar-refractivity contribution is -0.390. The number of nitrogens with zero attached hydrogens (tertiary/aromatic N) is 2. The monoisotopic (exact) mass is 428 g/mol. The van der Waals surface area contributed by atoms with Crippen LogP contribution >= 0.6 is 11.8 Å². The number of esters is 3. The first kappa shape index (κ1) is 22.4. The van der Waals surface area contributed by atoms with Crippen LogP contribution in [-0.2, 0) is 28.6 Å². The van der Waals surface area contributed by atoms with Gasteiger partial charge in [0, 0.05) is 33.4 Å². The van der Waals surface area contributed by atoms with E-state index in [1.165, 1.54) is 19.1 Å². The van der Waals surface area contributed by atoms with Crippen molar-refractivity contribution < 1.29 is 38.3 Å². The number of thioether (sulfide) groups is 1. The molecule has 11 nitrogen and oxygen atoms in total. The maximum Gasteiger partial charge on any atom is 0.406 e. The van der Waals surface area contributed by atoms with E-state index in [9.17, 15) is 24.5 Å². The van der Waals surface area contributed by atoms with E-state index in [0.29, 0.717) is 5.69 Å². The van der Waals surface area contributed by atoms with Crippen LogP contribution in [0.2, 0.25) is 0 Å². The molecule has 0 aliphatic carbocycles. The van der Waals surface area contributed by atoms with Gasteiger partial charge in [0.1, 0.15) is 5.69 Å². The summed E-state index contributed by atoms with van der Waals surface area (Å²) in [6, 6.07) is 2.91. The van der Waals surface area contributed by atoms with Gasteiger partial charge in [0.25, 0.3) is 0 Å². The highest BCUT2D eigenvalue weighted by atomic mass is 32.2. The van der Waals surface area contributed by atoms with Crippen molar-refractivity contribution in [3.63, 3.8) is 0 Å². The zero-order valence-corrected chi connectivity index (χ0v) is 17.0. The minimum Gasteiger partial charge on any atom is -0.467 e. The minimum absolute atomic E-state index is 0.136. The molecule has 0 radical (unpaired) electrons. The standard InChI is InChI=1S/C17H20N2O9S/c1-8-5-6-12(16(18-8)19(23)24)28-17-15(27-11(4)22)14(26-10(3)21)13(7-29-17)25-9(2)20/h5-6,13-15,17H,7H2,1-4H3/t13-,14+,15-,17-/m1/s1. The molecule has 2 heterocycles. The summed E-state index contributed by atoms with van der Waals surface area (Å²) in [6.07, 6.45) is -3.22. The molecule has 1 aliphatic heterocycles. The molecule has 0 spiro atoms. The van der Waals surface area contributed by atoms with E-state index in [-0.39, 0.29) is 11.5 Å². The fraction of sp³-hybridized carbons (Fsp3) is 0.529. The van der Waals surface area contributed by atoms with Crippen LogP contribution in [0.15, 0.2) is 12.1 Å². The Balaban J connectivity index is 2.37. The second-order valence-electron chi connectivity index (χ2n) is 6.15. The summed E-state index contributed by atoms with van der Waals surface area (Å²) >= 11 is 1.10. The molecule has 158 valence electrons. The Bertz CT molecular complexity index is 816. The van der Waals surface area contributed by atoms with Crippen LogP contribution in [-0.4, -0.2) is 57.3 Å². The van der Waals surface area contributed by atoms with E-state index in [1.54, 1.807) is 6.92 Å². The van der Waals surface area contributed by atoms with Crippen LogP contribution in [0.3, 0.4) is 0 Å². The molecule has 0 amide bonds. The number of hydrogen-bond acceptors (Lipinski definition) is 11. The van der Waals surface area contributed by atoms with E-state index >= 15 is 0 Å². The van der Waals surface area contributed by atoms with Crippen LogP contribution in [0.1, 0.15) is 26.5 Å². The third kappa shape index (κ3) is 6.04. The van der Waals surface area contributed by atoms with Gasteiger partial charge in [0.05, 0.1) is 0 Å². The molecule has 1 aliphatic rings. The zero-order chi connectivity index (χ0) is 21.7. The lowest BCUT2D eigenvalue weighted by Gasteiger charge is -2.39. The molecular weight excluding hydrogens is 408 g/mol. The van der Waals surface area contributed by atoms with Crippen LogP contribution in [0.4, 0.5) is 5.82 Å². The van der Waals surface area contributed by atoms with Gasteiger partial charge in [-0.3, -0.25) is 14.4 Å². The molecule has 1 saturated heterocycles. The van der Waals surface area contributed by atoms with E-state index in [1.807, 2.05) is 0 Å². The van der Waals surface area contributed by atoms with E-state index in [2.05, 4.69) is 4.98 Å². The Hall–Kier alpha value is -2.89. The Morgan fingerprint density at radius 3 is 2.21 bits per heavy atom. The number of ether oxygens (including phenoxy) is 4. The molecule has 0 saturated carbocycles. The maximum absolute atomic E-state index is 11.6. The molecule has 12 heteroatoms. The molecule has 1 fully saturated rings. The van der Waals surface area contributed by atoms with Crippen molar-refractivity contribution in [3.8, 4) is 5.75 Å². The second-order valence-corrected chi connectivity index (χ2v) is 7.28. The van der Waals surface area contributed by atoms with Crippen molar-refractivity contribution in [2.24, 2.45) is 0 Å². The van der Waals surface area contributed by atoms with Gasteiger partial charge in [-0.05, 0) is 22.0 Å². The number of carbonyl (C=O) groups excluding carboxylic acids is 3. The molecule has 0 aromatic carbocycles. The molecule has 0 N–H and O–H groups in total. The van der Waals surface area contributed by atoms with Crippen molar-refractivity contribution in [2.75, 3.05) is 5.75 Å². The lowest BCUT2D eigenvalue weighted by Crippen LogP contribution is -2.55. The number of hydrogen-bond donors (Lipinski definition) is 0. The third-order valence-electron chi connectivity index (χ3n) is 3.70. The normalized spacial score (nSPS) is 23.6. The highest BCUT2D eigenvalue weighted by Crippen LogP contribution is 2.36. The number of pyridine rings is 1. The fourth-order valence-electron chi connectivity index (χ4n) is 2.69. The molecule has 29 heavy (non-hydrogen) atoms. The van der Waals surface area contributed by atoms with Crippen molar-refractivity contribution in [2.45, 2.75) is 51.4 Å². The largest absolute Gasteiger partial charge is 0.467 e. The van der Waals surface area contributed by atoms with Gasteiger partial charge >= 0.3 is 23.7 Å². The van der Waals surface area contributed by atoms with Gasteiger partial charge in [-0.15, -0.1) is 11.8 Å². The molecule has 1 aromatic rings. The van der Waals surface area contributed by atoms with Crippen molar-refractivity contribution in [3.05, 3.63) is 27.9 Å². The maximum atomic E-state index is 11.6. The molecular formula is C17H20N2O9S. The minimum atomic E-state index is -1.18. The Kier molecular flexibility index (Phi) is 7.37. The molecule has 4 atom stereocenters. The van der Waals surface area contributed by atoms with Gasteiger partial charge in [-0.1, -0.05) is 0 Å². The van der Waals surface area contributed by atoms with Gasteiger partial charge < -0.3 is 29.1 Å². The highest BCUT2D eigenvalue weighted by Gasteiger charge is 2.48. The van der Waals surface area contributed by atoms with E-state index in [4.69, 9.17) is 18.9 Å². The van der Waals surface area contributed by atoms with Crippen molar-refractivity contribution in [1.82, 2.24) is 4.98 Å². The fourth-order valence-corrected chi connectivity index (χ4v) is 3.90. The number of nitro groups is 1. The highest BCUT2D eigenvalue weighted by molar-refractivity contribution is 7.99. The Morgan fingerprint density at radius 1 is 1.07 bits per heavy atom. The first-order chi connectivity index (χ1) is 13.6. The van der Waals surface area contributed by atoms with Crippen molar-refractivity contribution >= 4 is 35.5 Å². The van der Waals surface area contributed by atoms with Crippen LogP contribution in [0, 0.1) is 17.0 Å². The predicted molar refractivity (Wildman–Crippen MR) is 99.2 cm³/mol. The van der Waals surface area contributed by atoms with Crippen LogP contribution in [0.25, 0.3) is 0 Å². The summed E-state index contributed by atoms with van der Waals surface area (Å²) in [5.41, 5.74) is -0.553. The Labute approximate surface area is 170 Å². The molecule has 1 aromatic heterocycles. The quantitative estimate of drug-likeness (QED) is 0.281. The van der Waals surface area contributed by atoms with Gasteiger partial charge in [-0.2, -0.15) is 0 Å².